The quantitative estimate of drug-likeness (QED) is 0.896. The zero-order chi connectivity index (χ0) is 13.1. The summed E-state index contributed by atoms with van der Waals surface area (Å²) in [5, 5.41) is 0. The summed E-state index contributed by atoms with van der Waals surface area (Å²) in [7, 11) is 0. The first-order valence-corrected chi connectivity index (χ1v) is 6.06. The van der Waals surface area contributed by atoms with Crippen LogP contribution in [0, 0.1) is 13.8 Å². The Balaban J connectivity index is 2.27. The summed E-state index contributed by atoms with van der Waals surface area (Å²) in [6.07, 6.45) is 1.77. The minimum atomic E-state index is -0.162. The fraction of sp³-hybridized carbons (Fsp3) is 0.267. The van der Waals surface area contributed by atoms with Gasteiger partial charge in [0.15, 0.2) is 0 Å². The van der Waals surface area contributed by atoms with E-state index in [1.54, 1.807) is 22.9 Å². The summed E-state index contributed by atoms with van der Waals surface area (Å²) in [5.74, 6) is 0. The predicted molar refractivity (Wildman–Crippen MR) is 73.5 cm³/mol. The Kier molecular flexibility index (Phi) is 3.63. The number of benzene rings is 1. The van der Waals surface area contributed by atoms with Crippen molar-refractivity contribution in [1.29, 1.82) is 0 Å². The van der Waals surface area contributed by atoms with Gasteiger partial charge in [-0.15, -0.1) is 0 Å². The third kappa shape index (κ3) is 2.68. The van der Waals surface area contributed by atoms with Gasteiger partial charge in [-0.2, -0.15) is 0 Å². The van der Waals surface area contributed by atoms with E-state index in [-0.39, 0.29) is 11.6 Å². The number of pyridine rings is 1. The van der Waals surface area contributed by atoms with Crippen LogP contribution in [0.25, 0.3) is 0 Å². The van der Waals surface area contributed by atoms with Crippen molar-refractivity contribution in [2.24, 2.45) is 5.73 Å². The van der Waals surface area contributed by atoms with Crippen molar-refractivity contribution in [2.45, 2.75) is 26.4 Å². The Morgan fingerprint density at radius 1 is 1.22 bits per heavy atom. The fourth-order valence-corrected chi connectivity index (χ4v) is 2.08. The zero-order valence-electron chi connectivity index (χ0n) is 10.8. The molecule has 1 aromatic heterocycles. The minimum absolute atomic E-state index is 0.0155. The lowest BCUT2D eigenvalue weighted by Crippen LogP contribution is -2.26. The summed E-state index contributed by atoms with van der Waals surface area (Å²) in [6, 6.07) is 11.2. The first-order valence-electron chi connectivity index (χ1n) is 6.06. The van der Waals surface area contributed by atoms with Crippen LogP contribution in [0.1, 0.15) is 22.7 Å². The first-order chi connectivity index (χ1) is 8.58. The predicted octanol–water partition coefficient (Wildman–Crippen LogP) is 2.17. The van der Waals surface area contributed by atoms with Crippen molar-refractivity contribution in [1.82, 2.24) is 4.57 Å². The van der Waals surface area contributed by atoms with E-state index >= 15 is 0 Å². The lowest BCUT2D eigenvalue weighted by atomic mass is 9.99. The average molecular weight is 242 g/mol. The second kappa shape index (κ2) is 5.19. The van der Waals surface area contributed by atoms with E-state index in [1.165, 1.54) is 5.56 Å². The minimum Gasteiger partial charge on any atom is -0.322 e. The van der Waals surface area contributed by atoms with Gasteiger partial charge in [-0.3, -0.25) is 4.79 Å². The second-order valence-electron chi connectivity index (χ2n) is 4.66. The molecule has 0 aliphatic carbocycles. The second-order valence-corrected chi connectivity index (χ2v) is 4.66. The van der Waals surface area contributed by atoms with Crippen LogP contribution in [0.3, 0.4) is 0 Å². The van der Waals surface area contributed by atoms with E-state index in [4.69, 9.17) is 5.73 Å². The topological polar surface area (TPSA) is 48.0 Å². The molecular formula is C15H18N2O. The van der Waals surface area contributed by atoms with Gasteiger partial charge in [0.25, 0.3) is 5.56 Å². The monoisotopic (exact) mass is 242 g/mol. The van der Waals surface area contributed by atoms with E-state index < -0.39 is 0 Å². The zero-order valence-corrected chi connectivity index (χ0v) is 10.8. The molecule has 0 radical (unpaired) electrons. The van der Waals surface area contributed by atoms with Crippen molar-refractivity contribution in [3.63, 3.8) is 0 Å². The Bertz CT molecular complexity index is 601. The maximum absolute atomic E-state index is 11.6. The molecule has 1 heterocycles. The third-order valence-electron chi connectivity index (χ3n) is 3.13. The van der Waals surface area contributed by atoms with Gasteiger partial charge in [0.1, 0.15) is 0 Å². The summed E-state index contributed by atoms with van der Waals surface area (Å²) in [6.45, 7) is 4.59. The first kappa shape index (κ1) is 12.6. The van der Waals surface area contributed by atoms with Crippen LogP contribution in [0.15, 0.2) is 47.4 Å². The molecule has 1 aromatic carbocycles. The van der Waals surface area contributed by atoms with Crippen LogP contribution >= 0.6 is 0 Å². The van der Waals surface area contributed by atoms with Crippen LogP contribution in [0.4, 0.5) is 0 Å². The number of hydrogen-bond donors (Lipinski definition) is 1. The van der Waals surface area contributed by atoms with Gasteiger partial charge >= 0.3 is 0 Å². The Labute approximate surface area is 107 Å². The molecule has 94 valence electrons. The largest absolute Gasteiger partial charge is 0.322 e. The van der Waals surface area contributed by atoms with Gasteiger partial charge in [-0.05, 0) is 31.0 Å². The van der Waals surface area contributed by atoms with Gasteiger partial charge in [-0.1, -0.05) is 29.8 Å². The lowest BCUT2D eigenvalue weighted by molar-refractivity contribution is 0.559. The third-order valence-corrected chi connectivity index (χ3v) is 3.13. The SMILES string of the molecule is Cc1ccc(C)c(C(N)Cn2ccccc2=O)c1. The molecule has 18 heavy (non-hydrogen) atoms. The molecule has 0 spiro atoms. The fourth-order valence-electron chi connectivity index (χ4n) is 2.08. The highest BCUT2D eigenvalue weighted by Gasteiger charge is 2.10. The number of rotatable bonds is 3. The van der Waals surface area contributed by atoms with Crippen LogP contribution in [-0.2, 0) is 6.54 Å². The highest BCUT2D eigenvalue weighted by molar-refractivity contribution is 5.32. The van der Waals surface area contributed by atoms with Gasteiger partial charge < -0.3 is 10.3 Å². The van der Waals surface area contributed by atoms with Crippen LogP contribution < -0.4 is 11.3 Å². The molecule has 2 rings (SSSR count). The van der Waals surface area contributed by atoms with E-state index in [9.17, 15) is 4.79 Å². The highest BCUT2D eigenvalue weighted by Crippen LogP contribution is 2.18. The van der Waals surface area contributed by atoms with E-state index in [0.29, 0.717) is 6.54 Å². The summed E-state index contributed by atoms with van der Waals surface area (Å²) >= 11 is 0. The van der Waals surface area contributed by atoms with Crippen LogP contribution in [0.5, 0.6) is 0 Å². The molecule has 3 heteroatoms. The maximum Gasteiger partial charge on any atom is 0.250 e. The van der Waals surface area contributed by atoms with Crippen molar-refractivity contribution in [2.75, 3.05) is 0 Å². The highest BCUT2D eigenvalue weighted by atomic mass is 16.1. The Hall–Kier alpha value is -1.87. The standard InChI is InChI=1S/C15H18N2O/c1-11-6-7-12(2)13(9-11)14(16)10-17-8-4-3-5-15(17)18/h3-9,14H,10,16H2,1-2H3. The molecule has 1 unspecified atom stereocenters. The van der Waals surface area contributed by atoms with Gasteiger partial charge in [0, 0.05) is 24.8 Å². The lowest BCUT2D eigenvalue weighted by Gasteiger charge is -2.16. The molecule has 0 amide bonds. The molecule has 0 aliphatic heterocycles. The van der Waals surface area contributed by atoms with Gasteiger partial charge in [0.05, 0.1) is 0 Å². The smallest absolute Gasteiger partial charge is 0.250 e. The van der Waals surface area contributed by atoms with E-state index in [1.807, 2.05) is 19.9 Å². The molecule has 0 saturated heterocycles. The van der Waals surface area contributed by atoms with E-state index in [0.717, 1.165) is 11.1 Å². The molecule has 3 nitrogen and oxygen atoms in total. The van der Waals surface area contributed by atoms with Crippen LogP contribution in [0.2, 0.25) is 0 Å². The maximum atomic E-state index is 11.6. The number of nitrogens with two attached hydrogens (primary N) is 1. The molecule has 2 aromatic rings. The van der Waals surface area contributed by atoms with Crippen molar-refractivity contribution in [3.05, 3.63) is 69.6 Å². The Morgan fingerprint density at radius 2 is 2.00 bits per heavy atom. The van der Waals surface area contributed by atoms with Crippen LogP contribution in [-0.4, -0.2) is 4.57 Å². The van der Waals surface area contributed by atoms with E-state index in [2.05, 4.69) is 18.2 Å². The van der Waals surface area contributed by atoms with Crippen molar-refractivity contribution < 1.29 is 0 Å². The number of aryl methyl sites for hydroxylation is 2. The summed E-state index contributed by atoms with van der Waals surface area (Å²) in [5.41, 5.74) is 9.64. The average Bonchev–Trinajstić information content (AvgIpc) is 2.35. The number of aromatic nitrogens is 1. The summed E-state index contributed by atoms with van der Waals surface area (Å²) in [4.78, 5) is 11.6. The molecule has 1 atom stereocenters. The molecule has 0 aliphatic rings. The normalized spacial score (nSPS) is 12.4. The number of nitrogens with zero attached hydrogens (tertiary/aromatic N) is 1. The molecule has 0 saturated carbocycles. The molecule has 0 fully saturated rings. The molecular weight excluding hydrogens is 224 g/mol. The number of hydrogen-bond acceptors (Lipinski definition) is 2. The van der Waals surface area contributed by atoms with Gasteiger partial charge in [-0.25, -0.2) is 0 Å². The Morgan fingerprint density at radius 3 is 2.72 bits per heavy atom. The molecule has 0 bridgehead atoms. The molecule has 2 N–H and O–H groups in total. The van der Waals surface area contributed by atoms with Crippen molar-refractivity contribution >= 4 is 0 Å². The van der Waals surface area contributed by atoms with Crippen molar-refractivity contribution in [3.8, 4) is 0 Å². The summed E-state index contributed by atoms with van der Waals surface area (Å²) < 4.78 is 1.65. The van der Waals surface area contributed by atoms with Gasteiger partial charge in [0.2, 0.25) is 0 Å².